The van der Waals surface area contributed by atoms with Gasteiger partial charge >= 0.3 is 0 Å². The van der Waals surface area contributed by atoms with Gasteiger partial charge in [-0.05, 0) is 30.4 Å². The van der Waals surface area contributed by atoms with Crippen LogP contribution < -0.4 is 11.1 Å². The number of nitrogens with zero attached hydrogens (tertiary/aromatic N) is 2. The van der Waals surface area contributed by atoms with Gasteiger partial charge in [0.2, 0.25) is 0 Å². The number of nitrogens with two attached hydrogens (primary N) is 1. The van der Waals surface area contributed by atoms with Crippen LogP contribution in [0.1, 0.15) is 49.5 Å². The van der Waals surface area contributed by atoms with Crippen LogP contribution in [0.5, 0.6) is 0 Å². The van der Waals surface area contributed by atoms with Crippen molar-refractivity contribution in [2.24, 2.45) is 11.8 Å². The van der Waals surface area contributed by atoms with E-state index in [4.69, 9.17) is 5.73 Å². The maximum absolute atomic E-state index is 11.8. The van der Waals surface area contributed by atoms with E-state index in [-0.39, 0.29) is 5.91 Å². The molecule has 19 heavy (non-hydrogen) atoms. The lowest BCUT2D eigenvalue weighted by Gasteiger charge is -2.26. The summed E-state index contributed by atoms with van der Waals surface area (Å²) in [5, 5.41) is 10.3. The maximum atomic E-state index is 11.8. The van der Waals surface area contributed by atoms with Gasteiger partial charge in [0.05, 0.1) is 0 Å². The molecule has 1 aromatic rings. The molecule has 0 radical (unpaired) electrons. The van der Waals surface area contributed by atoms with Gasteiger partial charge in [-0.15, -0.1) is 10.2 Å². The molecule has 0 saturated heterocycles. The van der Waals surface area contributed by atoms with Gasteiger partial charge in [-0.3, -0.25) is 4.79 Å². The summed E-state index contributed by atoms with van der Waals surface area (Å²) in [6.45, 7) is 3.03. The molecule has 104 valence electrons. The number of aromatic nitrogens is 2. The van der Waals surface area contributed by atoms with Gasteiger partial charge in [-0.1, -0.05) is 32.6 Å². The summed E-state index contributed by atoms with van der Waals surface area (Å²) in [6.07, 6.45) is 6.28. The minimum absolute atomic E-state index is 0.170. The Morgan fingerprint density at radius 2 is 2.05 bits per heavy atom. The van der Waals surface area contributed by atoms with Crippen LogP contribution in [0.15, 0.2) is 12.1 Å². The van der Waals surface area contributed by atoms with E-state index >= 15 is 0 Å². The van der Waals surface area contributed by atoms with Crippen LogP contribution in [0.4, 0.5) is 5.82 Å². The van der Waals surface area contributed by atoms with E-state index in [0.29, 0.717) is 18.1 Å². The molecule has 5 heteroatoms. The van der Waals surface area contributed by atoms with Gasteiger partial charge in [-0.25, -0.2) is 0 Å². The van der Waals surface area contributed by atoms with Crippen molar-refractivity contribution in [1.82, 2.24) is 15.5 Å². The average Bonchev–Trinajstić information content (AvgIpc) is 2.41. The van der Waals surface area contributed by atoms with Gasteiger partial charge in [0.1, 0.15) is 5.82 Å². The van der Waals surface area contributed by atoms with Crippen molar-refractivity contribution < 1.29 is 4.79 Å². The summed E-state index contributed by atoms with van der Waals surface area (Å²) in [7, 11) is 0. The first-order chi connectivity index (χ1) is 9.15. The summed E-state index contributed by atoms with van der Waals surface area (Å²) in [5.41, 5.74) is 5.76. The number of carbonyl (C=O) groups excluding carboxylic acids is 1. The molecule has 1 aliphatic carbocycles. The minimum atomic E-state index is -0.170. The Balaban J connectivity index is 1.70. The molecule has 0 bridgehead atoms. The smallest absolute Gasteiger partial charge is 0.271 e. The lowest BCUT2D eigenvalue weighted by molar-refractivity contribution is 0.0944. The highest BCUT2D eigenvalue weighted by atomic mass is 16.1. The van der Waals surface area contributed by atoms with E-state index in [9.17, 15) is 4.79 Å². The third-order valence-electron chi connectivity index (χ3n) is 3.89. The second-order valence-electron chi connectivity index (χ2n) is 5.51. The van der Waals surface area contributed by atoms with Crippen molar-refractivity contribution in [3.05, 3.63) is 17.8 Å². The molecule has 1 aromatic heterocycles. The summed E-state index contributed by atoms with van der Waals surface area (Å²) in [6, 6.07) is 3.18. The number of nitrogen functional groups attached to an aromatic ring is 1. The van der Waals surface area contributed by atoms with E-state index in [1.54, 1.807) is 12.1 Å². The first-order valence-corrected chi connectivity index (χ1v) is 7.02. The second-order valence-corrected chi connectivity index (χ2v) is 5.51. The van der Waals surface area contributed by atoms with Crippen LogP contribution >= 0.6 is 0 Å². The normalized spacial score (nSPS) is 23.0. The molecule has 0 spiro atoms. The third kappa shape index (κ3) is 4.19. The molecule has 1 amide bonds. The van der Waals surface area contributed by atoms with Crippen LogP contribution in [0.2, 0.25) is 0 Å². The number of amides is 1. The highest BCUT2D eigenvalue weighted by Gasteiger charge is 2.18. The molecule has 3 N–H and O–H groups in total. The third-order valence-corrected chi connectivity index (χ3v) is 3.89. The molecular weight excluding hydrogens is 240 g/mol. The Hall–Kier alpha value is -1.65. The topological polar surface area (TPSA) is 80.9 Å². The zero-order valence-corrected chi connectivity index (χ0v) is 11.4. The van der Waals surface area contributed by atoms with Crippen LogP contribution in [-0.4, -0.2) is 22.6 Å². The van der Waals surface area contributed by atoms with Gasteiger partial charge in [0, 0.05) is 6.54 Å². The molecule has 1 saturated carbocycles. The number of nitrogens with one attached hydrogen (secondary N) is 1. The first-order valence-electron chi connectivity index (χ1n) is 7.02. The van der Waals surface area contributed by atoms with Gasteiger partial charge in [0.15, 0.2) is 5.69 Å². The molecule has 1 fully saturated rings. The second kappa shape index (κ2) is 6.50. The Kier molecular flexibility index (Phi) is 4.71. The van der Waals surface area contributed by atoms with Gasteiger partial charge in [0.25, 0.3) is 5.91 Å². The number of hydrogen-bond acceptors (Lipinski definition) is 4. The van der Waals surface area contributed by atoms with Crippen molar-refractivity contribution in [2.75, 3.05) is 12.3 Å². The van der Waals surface area contributed by atoms with Gasteiger partial charge < -0.3 is 11.1 Å². The molecule has 0 aliphatic heterocycles. The number of rotatable bonds is 4. The maximum Gasteiger partial charge on any atom is 0.271 e. The Labute approximate surface area is 114 Å². The number of anilines is 1. The standard InChI is InChI=1S/C14H22N4O/c1-10-2-4-11(5-3-10)8-9-16-14(19)12-6-7-13(15)18-17-12/h6-7,10-11H,2-5,8-9H2,1H3,(H2,15,18)(H,16,19). The highest BCUT2D eigenvalue weighted by Crippen LogP contribution is 2.29. The predicted molar refractivity (Wildman–Crippen MR) is 74.5 cm³/mol. The SMILES string of the molecule is CC1CCC(CCNC(=O)c2ccc(N)nn2)CC1. The molecule has 2 rings (SSSR count). The van der Waals surface area contributed by atoms with E-state index in [1.807, 2.05) is 0 Å². The molecule has 0 atom stereocenters. The Morgan fingerprint density at radius 1 is 1.32 bits per heavy atom. The summed E-state index contributed by atoms with van der Waals surface area (Å²) in [5.74, 6) is 1.79. The fraction of sp³-hybridized carbons (Fsp3) is 0.643. The largest absolute Gasteiger partial charge is 0.382 e. The van der Waals surface area contributed by atoms with Crippen molar-refractivity contribution in [1.29, 1.82) is 0 Å². The lowest BCUT2D eigenvalue weighted by atomic mass is 9.81. The van der Waals surface area contributed by atoms with Crippen LogP contribution in [0.25, 0.3) is 0 Å². The molecule has 0 aromatic carbocycles. The van der Waals surface area contributed by atoms with Crippen molar-refractivity contribution in [3.63, 3.8) is 0 Å². The fourth-order valence-corrected chi connectivity index (χ4v) is 2.56. The van der Waals surface area contributed by atoms with E-state index in [1.165, 1.54) is 25.7 Å². The zero-order valence-electron chi connectivity index (χ0n) is 11.4. The number of carbonyl (C=O) groups is 1. The Bertz CT molecular complexity index is 410. The van der Waals surface area contributed by atoms with Crippen molar-refractivity contribution >= 4 is 11.7 Å². The van der Waals surface area contributed by atoms with Crippen molar-refractivity contribution in [2.45, 2.75) is 39.0 Å². The lowest BCUT2D eigenvalue weighted by Crippen LogP contribution is -2.27. The number of hydrogen-bond donors (Lipinski definition) is 2. The Morgan fingerprint density at radius 3 is 2.68 bits per heavy atom. The van der Waals surface area contributed by atoms with Crippen LogP contribution in [0, 0.1) is 11.8 Å². The quantitative estimate of drug-likeness (QED) is 0.869. The molecule has 0 unspecified atom stereocenters. The molecule has 1 aliphatic rings. The molecule has 5 nitrogen and oxygen atoms in total. The van der Waals surface area contributed by atoms with Crippen molar-refractivity contribution in [3.8, 4) is 0 Å². The van der Waals surface area contributed by atoms with Crippen LogP contribution in [-0.2, 0) is 0 Å². The summed E-state index contributed by atoms with van der Waals surface area (Å²) < 4.78 is 0. The predicted octanol–water partition coefficient (Wildman–Crippen LogP) is 2.00. The summed E-state index contributed by atoms with van der Waals surface area (Å²) in [4.78, 5) is 11.8. The highest BCUT2D eigenvalue weighted by molar-refractivity contribution is 5.92. The molecule has 1 heterocycles. The molecular formula is C14H22N4O. The van der Waals surface area contributed by atoms with E-state index < -0.39 is 0 Å². The van der Waals surface area contributed by atoms with E-state index in [0.717, 1.165) is 18.3 Å². The first kappa shape index (κ1) is 13.8. The zero-order chi connectivity index (χ0) is 13.7. The monoisotopic (exact) mass is 262 g/mol. The summed E-state index contributed by atoms with van der Waals surface area (Å²) >= 11 is 0. The minimum Gasteiger partial charge on any atom is -0.382 e. The van der Waals surface area contributed by atoms with E-state index in [2.05, 4.69) is 22.4 Å². The van der Waals surface area contributed by atoms with Gasteiger partial charge in [-0.2, -0.15) is 0 Å². The average molecular weight is 262 g/mol. The van der Waals surface area contributed by atoms with Crippen LogP contribution in [0.3, 0.4) is 0 Å². The fourth-order valence-electron chi connectivity index (χ4n) is 2.56.